The summed E-state index contributed by atoms with van der Waals surface area (Å²) >= 11 is 0. The van der Waals surface area contributed by atoms with E-state index in [1.54, 1.807) is 7.11 Å². The molecule has 0 fully saturated rings. The monoisotopic (exact) mass is 159 g/mol. The zero-order valence-electron chi connectivity index (χ0n) is 7.08. The average molecular weight is 159 g/mol. The van der Waals surface area contributed by atoms with E-state index in [1.807, 2.05) is 6.07 Å². The van der Waals surface area contributed by atoms with Gasteiger partial charge in [0.1, 0.15) is 5.75 Å². The van der Waals surface area contributed by atoms with E-state index in [2.05, 4.69) is 30.7 Å². The van der Waals surface area contributed by atoms with Crippen molar-refractivity contribution < 1.29 is 4.74 Å². The first-order chi connectivity index (χ1) is 5.90. The summed E-state index contributed by atoms with van der Waals surface area (Å²) in [5.74, 6) is 0.942. The van der Waals surface area contributed by atoms with Crippen LogP contribution in [0.1, 0.15) is 11.1 Å². The van der Waals surface area contributed by atoms with E-state index >= 15 is 0 Å². The van der Waals surface area contributed by atoms with Crippen LogP contribution in [0.5, 0.6) is 5.75 Å². The summed E-state index contributed by atoms with van der Waals surface area (Å²) < 4.78 is 5.14. The Morgan fingerprint density at radius 2 is 2.25 bits per heavy atom. The van der Waals surface area contributed by atoms with Crippen molar-refractivity contribution in [1.29, 1.82) is 0 Å². The van der Waals surface area contributed by atoms with Crippen LogP contribution in [0.4, 0.5) is 0 Å². The summed E-state index contributed by atoms with van der Waals surface area (Å²) in [6.45, 7) is 0. The molecule has 2 rings (SSSR count). The molecule has 61 valence electrons. The number of methoxy groups -OCH3 is 1. The molecule has 0 unspecified atom stereocenters. The normalized spacial score (nSPS) is 14.1. The van der Waals surface area contributed by atoms with Gasteiger partial charge >= 0.3 is 0 Å². The van der Waals surface area contributed by atoms with Gasteiger partial charge in [-0.2, -0.15) is 0 Å². The minimum Gasteiger partial charge on any atom is -0.497 e. The first-order valence-electron chi connectivity index (χ1n) is 4.07. The van der Waals surface area contributed by atoms with Crippen molar-refractivity contribution in [1.82, 2.24) is 0 Å². The van der Waals surface area contributed by atoms with Crippen LogP contribution in [0.25, 0.3) is 0 Å². The molecular weight excluding hydrogens is 148 g/mol. The van der Waals surface area contributed by atoms with Crippen molar-refractivity contribution >= 4 is 0 Å². The van der Waals surface area contributed by atoms with Crippen LogP contribution in [0.2, 0.25) is 0 Å². The first kappa shape index (κ1) is 7.41. The summed E-state index contributed by atoms with van der Waals surface area (Å²) in [5, 5.41) is 0. The van der Waals surface area contributed by atoms with Crippen molar-refractivity contribution in [3.05, 3.63) is 47.9 Å². The summed E-state index contributed by atoms with van der Waals surface area (Å²) in [4.78, 5) is 0. The third-order valence-electron chi connectivity index (χ3n) is 2.10. The average Bonchev–Trinajstić information content (AvgIpc) is 2.17. The molecule has 1 heteroatoms. The molecular formula is C11H11O. The lowest BCUT2D eigenvalue weighted by Gasteiger charge is -2.11. The lowest BCUT2D eigenvalue weighted by atomic mass is 9.97. The lowest BCUT2D eigenvalue weighted by Crippen LogP contribution is -1.95. The van der Waals surface area contributed by atoms with Crippen molar-refractivity contribution in [2.45, 2.75) is 6.42 Å². The maximum absolute atomic E-state index is 5.14. The van der Waals surface area contributed by atoms with Crippen LogP contribution in [-0.2, 0) is 6.42 Å². The zero-order valence-corrected chi connectivity index (χ0v) is 7.08. The van der Waals surface area contributed by atoms with Gasteiger partial charge < -0.3 is 4.74 Å². The molecule has 0 amide bonds. The van der Waals surface area contributed by atoms with Gasteiger partial charge in [0.2, 0.25) is 0 Å². The highest BCUT2D eigenvalue weighted by molar-refractivity contribution is 5.45. The standard InChI is InChI=1S/C11H11O/c1-12-11-7-6-9-4-2-3-5-10(9)8-11/h2-4,6-8H,5H2,1H3. The van der Waals surface area contributed by atoms with Crippen molar-refractivity contribution in [3.8, 4) is 5.75 Å². The third kappa shape index (κ3) is 1.22. The van der Waals surface area contributed by atoms with Crippen LogP contribution in [0, 0.1) is 6.42 Å². The second kappa shape index (κ2) is 3.02. The Hall–Kier alpha value is -1.24. The fourth-order valence-corrected chi connectivity index (χ4v) is 1.42. The van der Waals surface area contributed by atoms with E-state index in [1.165, 1.54) is 11.1 Å². The van der Waals surface area contributed by atoms with Gasteiger partial charge in [-0.05, 0) is 29.7 Å². The Bertz CT molecular complexity index is 313. The Labute approximate surface area is 72.7 Å². The molecule has 0 saturated heterocycles. The highest BCUT2D eigenvalue weighted by atomic mass is 16.5. The molecule has 0 saturated carbocycles. The molecule has 1 nitrogen and oxygen atoms in total. The molecule has 0 heterocycles. The van der Waals surface area contributed by atoms with Crippen molar-refractivity contribution in [2.75, 3.05) is 7.11 Å². The minimum absolute atomic E-state index is 0.942. The smallest absolute Gasteiger partial charge is 0.119 e. The molecule has 1 radical (unpaired) electrons. The van der Waals surface area contributed by atoms with E-state index in [0.717, 1.165) is 12.2 Å². The molecule has 0 aromatic heterocycles. The molecule has 0 bridgehead atoms. The Kier molecular flexibility index (Phi) is 1.86. The number of ether oxygens (including phenoxy) is 1. The SMILES string of the molecule is COc1ccc2c(c1)CC=C[CH]2. The Morgan fingerprint density at radius 3 is 3.08 bits per heavy atom. The molecule has 1 aliphatic rings. The summed E-state index contributed by atoms with van der Waals surface area (Å²) in [6, 6.07) is 6.18. The van der Waals surface area contributed by atoms with Crippen molar-refractivity contribution in [3.63, 3.8) is 0 Å². The molecule has 12 heavy (non-hydrogen) atoms. The molecule has 1 aliphatic carbocycles. The largest absolute Gasteiger partial charge is 0.497 e. The maximum Gasteiger partial charge on any atom is 0.119 e. The summed E-state index contributed by atoms with van der Waals surface area (Å²) in [5.41, 5.74) is 2.65. The fraction of sp³-hybridized carbons (Fsp3) is 0.182. The number of hydrogen-bond donors (Lipinski definition) is 0. The maximum atomic E-state index is 5.14. The van der Waals surface area contributed by atoms with E-state index in [4.69, 9.17) is 4.74 Å². The number of benzene rings is 1. The number of rotatable bonds is 1. The lowest BCUT2D eigenvalue weighted by molar-refractivity contribution is 0.414. The second-order valence-electron chi connectivity index (χ2n) is 2.86. The minimum atomic E-state index is 0.942. The van der Waals surface area contributed by atoms with Gasteiger partial charge in [-0.3, -0.25) is 0 Å². The molecule has 1 aromatic rings. The molecule has 0 spiro atoms. The van der Waals surface area contributed by atoms with E-state index in [0.29, 0.717) is 0 Å². The topological polar surface area (TPSA) is 9.23 Å². The van der Waals surface area contributed by atoms with Gasteiger partial charge in [-0.1, -0.05) is 18.2 Å². The predicted molar refractivity (Wildman–Crippen MR) is 49.2 cm³/mol. The number of fused-ring (bicyclic) bond motifs is 1. The Balaban J connectivity index is 2.39. The van der Waals surface area contributed by atoms with E-state index < -0.39 is 0 Å². The second-order valence-corrected chi connectivity index (χ2v) is 2.86. The van der Waals surface area contributed by atoms with Crippen LogP contribution >= 0.6 is 0 Å². The van der Waals surface area contributed by atoms with Gasteiger partial charge in [-0.15, -0.1) is 0 Å². The predicted octanol–water partition coefficient (Wildman–Crippen LogP) is 2.36. The first-order valence-corrected chi connectivity index (χ1v) is 4.07. The van der Waals surface area contributed by atoms with Gasteiger partial charge in [-0.25, -0.2) is 0 Å². The summed E-state index contributed by atoms with van der Waals surface area (Å²) in [7, 11) is 1.70. The number of allylic oxidation sites excluding steroid dienone is 2. The molecule has 1 aromatic carbocycles. The van der Waals surface area contributed by atoms with Crippen LogP contribution in [-0.4, -0.2) is 7.11 Å². The van der Waals surface area contributed by atoms with Gasteiger partial charge in [0.15, 0.2) is 0 Å². The molecule has 0 atom stereocenters. The number of hydrogen-bond acceptors (Lipinski definition) is 1. The fourth-order valence-electron chi connectivity index (χ4n) is 1.42. The quantitative estimate of drug-likeness (QED) is 0.611. The van der Waals surface area contributed by atoms with Crippen molar-refractivity contribution in [2.24, 2.45) is 0 Å². The zero-order chi connectivity index (χ0) is 8.39. The van der Waals surface area contributed by atoms with Crippen LogP contribution < -0.4 is 4.74 Å². The van der Waals surface area contributed by atoms with Gasteiger partial charge in [0.25, 0.3) is 0 Å². The molecule has 0 N–H and O–H groups in total. The van der Waals surface area contributed by atoms with Crippen LogP contribution in [0.3, 0.4) is 0 Å². The third-order valence-corrected chi connectivity index (χ3v) is 2.10. The Morgan fingerprint density at radius 1 is 1.33 bits per heavy atom. The highest BCUT2D eigenvalue weighted by Crippen LogP contribution is 2.22. The highest BCUT2D eigenvalue weighted by Gasteiger charge is 2.05. The van der Waals surface area contributed by atoms with E-state index in [9.17, 15) is 0 Å². The van der Waals surface area contributed by atoms with Gasteiger partial charge in [0.05, 0.1) is 7.11 Å². The summed E-state index contributed by atoms with van der Waals surface area (Å²) in [6.07, 6.45) is 7.39. The van der Waals surface area contributed by atoms with E-state index in [-0.39, 0.29) is 0 Å². The van der Waals surface area contributed by atoms with Gasteiger partial charge in [0, 0.05) is 6.42 Å². The van der Waals surface area contributed by atoms with Crippen LogP contribution in [0.15, 0.2) is 30.4 Å². The molecule has 0 aliphatic heterocycles.